The fraction of sp³-hybridized carbons (Fsp3) is 0.167. The summed E-state index contributed by atoms with van der Waals surface area (Å²) < 4.78 is 9.75. The molecule has 1 heterocycles. The smallest absolute Gasteiger partial charge is 0.293 e. The van der Waals surface area contributed by atoms with E-state index in [0.29, 0.717) is 6.47 Å². The summed E-state index contributed by atoms with van der Waals surface area (Å²) in [6.45, 7) is 0.704. The zero-order valence-corrected chi connectivity index (χ0v) is 8.58. The maximum Gasteiger partial charge on any atom is 0.293 e. The van der Waals surface area contributed by atoms with E-state index in [2.05, 4.69) is 4.98 Å². The number of carbonyl (C=O) groups is 1. The summed E-state index contributed by atoms with van der Waals surface area (Å²) in [7, 11) is 0. The standard InChI is InChI=1S/C12H11NO3/c14-9-16-6-11(12-7-15-8-13-12)10-4-2-1-3-5-10/h1-5,7-9,11H,6H2. The number of nitrogens with zero attached hydrogens (tertiary/aromatic N) is 1. The Morgan fingerprint density at radius 1 is 1.38 bits per heavy atom. The van der Waals surface area contributed by atoms with E-state index in [1.807, 2.05) is 30.3 Å². The van der Waals surface area contributed by atoms with Crippen molar-refractivity contribution in [1.29, 1.82) is 0 Å². The van der Waals surface area contributed by atoms with Crippen LogP contribution < -0.4 is 0 Å². The van der Waals surface area contributed by atoms with Crippen LogP contribution in [-0.4, -0.2) is 18.1 Å². The number of oxazole rings is 1. The molecule has 0 N–H and O–H groups in total. The van der Waals surface area contributed by atoms with Gasteiger partial charge in [0, 0.05) is 0 Å². The Morgan fingerprint density at radius 3 is 2.81 bits per heavy atom. The molecule has 0 bridgehead atoms. The zero-order chi connectivity index (χ0) is 11.2. The quantitative estimate of drug-likeness (QED) is 0.718. The summed E-state index contributed by atoms with van der Waals surface area (Å²) >= 11 is 0. The van der Waals surface area contributed by atoms with Crippen molar-refractivity contribution in [1.82, 2.24) is 4.98 Å². The van der Waals surface area contributed by atoms with Gasteiger partial charge in [0.2, 0.25) is 0 Å². The van der Waals surface area contributed by atoms with Gasteiger partial charge in [0.15, 0.2) is 6.39 Å². The third-order valence-corrected chi connectivity index (χ3v) is 2.34. The van der Waals surface area contributed by atoms with Gasteiger partial charge in [-0.1, -0.05) is 30.3 Å². The molecule has 0 radical (unpaired) electrons. The van der Waals surface area contributed by atoms with Gasteiger partial charge in [0.05, 0.1) is 11.6 Å². The molecule has 0 aliphatic rings. The highest BCUT2D eigenvalue weighted by molar-refractivity contribution is 5.38. The first-order valence-corrected chi connectivity index (χ1v) is 4.90. The van der Waals surface area contributed by atoms with Crippen LogP contribution in [0, 0.1) is 0 Å². The number of ether oxygens (including phenoxy) is 1. The van der Waals surface area contributed by atoms with Crippen LogP contribution in [0.1, 0.15) is 17.2 Å². The summed E-state index contributed by atoms with van der Waals surface area (Å²) in [5.74, 6) is -0.0786. The van der Waals surface area contributed by atoms with Gasteiger partial charge in [-0.25, -0.2) is 4.98 Å². The van der Waals surface area contributed by atoms with Crippen molar-refractivity contribution in [3.05, 3.63) is 54.2 Å². The molecule has 1 unspecified atom stereocenters. The second-order valence-electron chi connectivity index (χ2n) is 3.31. The van der Waals surface area contributed by atoms with Gasteiger partial charge < -0.3 is 9.15 Å². The van der Waals surface area contributed by atoms with E-state index in [1.165, 1.54) is 6.39 Å². The highest BCUT2D eigenvalue weighted by atomic mass is 16.5. The average molecular weight is 217 g/mol. The van der Waals surface area contributed by atoms with E-state index in [9.17, 15) is 4.79 Å². The first-order valence-electron chi connectivity index (χ1n) is 4.90. The summed E-state index contributed by atoms with van der Waals surface area (Å²) in [5, 5.41) is 0. The fourth-order valence-electron chi connectivity index (χ4n) is 1.57. The van der Waals surface area contributed by atoms with Crippen molar-refractivity contribution in [3.63, 3.8) is 0 Å². The summed E-state index contributed by atoms with van der Waals surface area (Å²) in [6, 6.07) is 9.73. The SMILES string of the molecule is O=COCC(c1ccccc1)c1cocn1. The number of aromatic nitrogens is 1. The van der Waals surface area contributed by atoms with Crippen LogP contribution in [0.3, 0.4) is 0 Å². The molecule has 1 aromatic heterocycles. The number of hydrogen-bond donors (Lipinski definition) is 0. The molecule has 1 aromatic carbocycles. The van der Waals surface area contributed by atoms with Crippen LogP contribution in [0.2, 0.25) is 0 Å². The highest BCUT2D eigenvalue weighted by Gasteiger charge is 2.17. The lowest BCUT2D eigenvalue weighted by Crippen LogP contribution is -2.09. The molecule has 82 valence electrons. The first-order chi connectivity index (χ1) is 7.92. The van der Waals surface area contributed by atoms with E-state index in [4.69, 9.17) is 9.15 Å². The Labute approximate surface area is 92.9 Å². The van der Waals surface area contributed by atoms with Crippen molar-refractivity contribution in [2.24, 2.45) is 0 Å². The highest BCUT2D eigenvalue weighted by Crippen LogP contribution is 2.23. The van der Waals surface area contributed by atoms with Gasteiger partial charge in [-0.2, -0.15) is 0 Å². The van der Waals surface area contributed by atoms with Crippen LogP contribution in [-0.2, 0) is 9.53 Å². The lowest BCUT2D eigenvalue weighted by molar-refractivity contribution is -0.128. The molecule has 0 spiro atoms. The number of hydrogen-bond acceptors (Lipinski definition) is 4. The molecule has 2 aromatic rings. The van der Waals surface area contributed by atoms with Gasteiger partial charge in [0.25, 0.3) is 6.47 Å². The predicted molar refractivity (Wildman–Crippen MR) is 56.8 cm³/mol. The molecule has 4 heteroatoms. The van der Waals surface area contributed by atoms with Crippen molar-refractivity contribution < 1.29 is 13.9 Å². The predicted octanol–water partition coefficient (Wildman–Crippen LogP) is 1.98. The van der Waals surface area contributed by atoms with Gasteiger partial charge in [-0.15, -0.1) is 0 Å². The molecule has 0 saturated carbocycles. The minimum atomic E-state index is -0.0786. The summed E-state index contributed by atoms with van der Waals surface area (Å²) in [6.07, 6.45) is 2.93. The maximum atomic E-state index is 10.2. The third-order valence-electron chi connectivity index (χ3n) is 2.34. The normalized spacial score (nSPS) is 12.0. The monoisotopic (exact) mass is 217 g/mol. The minimum absolute atomic E-state index is 0.0786. The van der Waals surface area contributed by atoms with E-state index < -0.39 is 0 Å². The molecule has 4 nitrogen and oxygen atoms in total. The minimum Gasteiger partial charge on any atom is -0.467 e. The third kappa shape index (κ3) is 2.28. The molecular formula is C12H11NO3. The Hall–Kier alpha value is -2.10. The van der Waals surface area contributed by atoms with Gasteiger partial charge >= 0.3 is 0 Å². The Balaban J connectivity index is 2.25. The average Bonchev–Trinajstić information content (AvgIpc) is 2.85. The molecule has 0 fully saturated rings. The topological polar surface area (TPSA) is 52.3 Å². The molecule has 16 heavy (non-hydrogen) atoms. The lowest BCUT2D eigenvalue weighted by atomic mass is 9.97. The zero-order valence-electron chi connectivity index (χ0n) is 8.58. The fourth-order valence-corrected chi connectivity index (χ4v) is 1.57. The summed E-state index contributed by atoms with van der Waals surface area (Å²) in [4.78, 5) is 14.3. The van der Waals surface area contributed by atoms with Gasteiger partial charge in [-0.05, 0) is 5.56 Å². The molecular weight excluding hydrogens is 206 g/mol. The van der Waals surface area contributed by atoms with Crippen molar-refractivity contribution in [3.8, 4) is 0 Å². The summed E-state index contributed by atoms with van der Waals surface area (Å²) in [5.41, 5.74) is 1.80. The van der Waals surface area contributed by atoms with E-state index in [0.717, 1.165) is 11.3 Å². The van der Waals surface area contributed by atoms with E-state index >= 15 is 0 Å². The molecule has 0 aliphatic heterocycles. The van der Waals surface area contributed by atoms with E-state index in [-0.39, 0.29) is 12.5 Å². The van der Waals surface area contributed by atoms with Crippen LogP contribution in [0.25, 0.3) is 0 Å². The first kappa shape index (κ1) is 10.4. The van der Waals surface area contributed by atoms with E-state index in [1.54, 1.807) is 6.26 Å². The number of carbonyl (C=O) groups excluding carboxylic acids is 1. The largest absolute Gasteiger partial charge is 0.467 e. The van der Waals surface area contributed by atoms with Crippen LogP contribution in [0.15, 0.2) is 47.4 Å². The Morgan fingerprint density at radius 2 is 2.19 bits per heavy atom. The Kier molecular flexibility index (Phi) is 3.33. The maximum absolute atomic E-state index is 10.2. The van der Waals surface area contributed by atoms with Crippen LogP contribution in [0.4, 0.5) is 0 Å². The molecule has 0 amide bonds. The number of benzene rings is 1. The van der Waals surface area contributed by atoms with Crippen molar-refractivity contribution >= 4 is 6.47 Å². The second kappa shape index (κ2) is 5.11. The van der Waals surface area contributed by atoms with Gasteiger partial charge in [0.1, 0.15) is 12.9 Å². The van der Waals surface area contributed by atoms with Crippen molar-refractivity contribution in [2.45, 2.75) is 5.92 Å². The Bertz CT molecular complexity index is 425. The number of rotatable bonds is 5. The molecule has 2 rings (SSSR count). The molecule has 1 atom stereocenters. The molecule has 0 aliphatic carbocycles. The van der Waals surface area contributed by atoms with Gasteiger partial charge in [-0.3, -0.25) is 4.79 Å². The second-order valence-corrected chi connectivity index (χ2v) is 3.31. The van der Waals surface area contributed by atoms with Crippen LogP contribution in [0.5, 0.6) is 0 Å². The lowest BCUT2D eigenvalue weighted by Gasteiger charge is -2.12. The van der Waals surface area contributed by atoms with Crippen LogP contribution >= 0.6 is 0 Å². The molecule has 0 saturated heterocycles. The van der Waals surface area contributed by atoms with Crippen molar-refractivity contribution in [2.75, 3.05) is 6.61 Å².